The van der Waals surface area contributed by atoms with Crippen LogP contribution in [0.2, 0.25) is 5.15 Å². The molecule has 3 rings (SSSR count). The van der Waals surface area contributed by atoms with E-state index in [0.29, 0.717) is 52.9 Å². The van der Waals surface area contributed by atoms with Crippen molar-refractivity contribution in [3.63, 3.8) is 0 Å². The number of nitrogens with zero attached hydrogens (tertiary/aromatic N) is 2. The van der Waals surface area contributed by atoms with E-state index in [4.69, 9.17) is 38.0 Å². The summed E-state index contributed by atoms with van der Waals surface area (Å²) in [6.45, 7) is 3.97. The third kappa shape index (κ3) is 4.91. The lowest BCUT2D eigenvalue weighted by molar-refractivity contribution is -0.0280. The van der Waals surface area contributed by atoms with Gasteiger partial charge >= 0.3 is 5.97 Å². The summed E-state index contributed by atoms with van der Waals surface area (Å²) in [5, 5.41) is 5.92. The van der Waals surface area contributed by atoms with Gasteiger partial charge < -0.3 is 24.4 Å². The number of hydrogen-bond donors (Lipinski definition) is 1. The van der Waals surface area contributed by atoms with Crippen LogP contribution in [0.15, 0.2) is 23.7 Å². The van der Waals surface area contributed by atoms with E-state index in [-0.39, 0.29) is 12.1 Å². The van der Waals surface area contributed by atoms with Gasteiger partial charge in [0.1, 0.15) is 17.6 Å². The number of nitrogens with one attached hydrogen (secondary N) is 1. The molecular weight excluding hydrogens is 422 g/mol. The van der Waals surface area contributed by atoms with Gasteiger partial charge in [-0.15, -0.1) is 11.3 Å². The van der Waals surface area contributed by atoms with Gasteiger partial charge in [0.15, 0.2) is 16.0 Å². The minimum atomic E-state index is -0.384. The third-order valence-corrected chi connectivity index (χ3v) is 5.88. The number of methoxy groups -OCH3 is 1. The Morgan fingerprint density at radius 1 is 1.57 bits per heavy atom. The number of rotatable bonds is 5. The Bertz CT molecular complexity index is 861. The van der Waals surface area contributed by atoms with Crippen molar-refractivity contribution in [3.05, 3.63) is 39.3 Å². The molecule has 1 aliphatic heterocycles. The Balaban J connectivity index is 1.60. The van der Waals surface area contributed by atoms with Crippen LogP contribution in [0.1, 0.15) is 15.2 Å². The summed E-state index contributed by atoms with van der Waals surface area (Å²) in [7, 11) is 1.36. The first-order valence-corrected chi connectivity index (χ1v) is 10.2. The van der Waals surface area contributed by atoms with Crippen LogP contribution in [-0.2, 0) is 9.47 Å². The summed E-state index contributed by atoms with van der Waals surface area (Å²) in [4.78, 5) is 18.4. The lowest BCUT2D eigenvalue weighted by Gasteiger charge is -2.34. The molecule has 1 fully saturated rings. The maximum atomic E-state index is 11.9. The van der Waals surface area contributed by atoms with Crippen LogP contribution in [0.3, 0.4) is 0 Å². The molecule has 0 amide bonds. The Hall–Kier alpha value is -1.94. The van der Waals surface area contributed by atoms with Gasteiger partial charge in [-0.3, -0.25) is 0 Å². The molecule has 0 aromatic carbocycles. The van der Waals surface area contributed by atoms with Crippen LogP contribution >= 0.6 is 35.2 Å². The summed E-state index contributed by atoms with van der Waals surface area (Å²) in [6.07, 6.45) is 1.43. The Kier molecular flexibility index (Phi) is 7.06. The third-order valence-electron chi connectivity index (χ3n) is 4.15. The molecule has 7 nitrogen and oxygen atoms in total. The molecule has 0 spiro atoms. The van der Waals surface area contributed by atoms with Gasteiger partial charge in [-0.2, -0.15) is 0 Å². The van der Waals surface area contributed by atoms with Crippen LogP contribution in [0.4, 0.5) is 5.69 Å². The zero-order valence-corrected chi connectivity index (χ0v) is 17.8. The smallest absolute Gasteiger partial charge is 0.350 e. The van der Waals surface area contributed by atoms with Crippen LogP contribution in [0.25, 0.3) is 0 Å². The number of pyridine rings is 1. The molecule has 2 aromatic heterocycles. The van der Waals surface area contributed by atoms with Crippen molar-refractivity contribution in [1.29, 1.82) is 0 Å². The highest BCUT2D eigenvalue weighted by Gasteiger charge is 2.25. The van der Waals surface area contributed by atoms with E-state index < -0.39 is 0 Å². The van der Waals surface area contributed by atoms with E-state index in [2.05, 4.69) is 10.3 Å². The number of carbonyl (C=O) groups is 1. The number of aryl methyl sites for hydroxylation is 1. The molecule has 1 saturated heterocycles. The van der Waals surface area contributed by atoms with Crippen LogP contribution in [0.5, 0.6) is 5.75 Å². The van der Waals surface area contributed by atoms with E-state index in [9.17, 15) is 4.79 Å². The number of morpholine rings is 1. The Labute approximate surface area is 177 Å². The maximum Gasteiger partial charge on any atom is 0.350 e. The fraction of sp³-hybridized carbons (Fsp3) is 0.389. The average molecular weight is 442 g/mol. The van der Waals surface area contributed by atoms with Gasteiger partial charge in [0.2, 0.25) is 0 Å². The molecule has 1 N–H and O–H groups in total. The zero-order chi connectivity index (χ0) is 20.1. The minimum absolute atomic E-state index is 0.173. The number of ether oxygens (including phenoxy) is 3. The Morgan fingerprint density at radius 2 is 2.39 bits per heavy atom. The number of halogens is 1. The van der Waals surface area contributed by atoms with E-state index >= 15 is 0 Å². The van der Waals surface area contributed by atoms with Crippen LogP contribution < -0.4 is 10.1 Å². The number of anilines is 1. The van der Waals surface area contributed by atoms with Crippen molar-refractivity contribution in [3.8, 4) is 5.75 Å². The van der Waals surface area contributed by atoms with Crippen LogP contribution in [0, 0.1) is 6.92 Å². The fourth-order valence-electron chi connectivity index (χ4n) is 2.69. The molecule has 1 atom stereocenters. The lowest BCUT2D eigenvalue weighted by Crippen LogP contribution is -2.49. The highest BCUT2D eigenvalue weighted by molar-refractivity contribution is 7.80. The number of thiophene rings is 1. The number of thiocarbonyl (C=S) groups is 1. The van der Waals surface area contributed by atoms with Gasteiger partial charge in [0, 0.05) is 19.3 Å². The van der Waals surface area contributed by atoms with Crippen molar-refractivity contribution < 1.29 is 19.0 Å². The first-order valence-electron chi connectivity index (χ1n) is 8.56. The van der Waals surface area contributed by atoms with Gasteiger partial charge in [-0.25, -0.2) is 9.78 Å². The van der Waals surface area contributed by atoms with Gasteiger partial charge in [-0.05, 0) is 42.2 Å². The molecule has 2 aromatic rings. The quantitative estimate of drug-likeness (QED) is 0.430. The number of carbonyl (C=O) groups excluding carboxylic acids is 1. The molecule has 0 saturated carbocycles. The largest absolute Gasteiger partial charge is 0.488 e. The standard InChI is InChI=1S/C18H20ClN3O4S2/c1-11-10-28-15(17(23)24-2)14(11)21-18(27)22-6-7-25-12(8-22)9-26-13-4-3-5-20-16(13)19/h3-5,10,12H,6-9H2,1-2H3,(H,21,27). The molecule has 0 radical (unpaired) electrons. The summed E-state index contributed by atoms with van der Waals surface area (Å²) < 4.78 is 16.3. The van der Waals surface area contributed by atoms with E-state index in [1.54, 1.807) is 18.3 Å². The normalized spacial score (nSPS) is 16.5. The van der Waals surface area contributed by atoms with Gasteiger partial charge in [0.05, 0.1) is 19.4 Å². The molecule has 28 heavy (non-hydrogen) atoms. The molecule has 0 bridgehead atoms. The highest BCUT2D eigenvalue weighted by atomic mass is 35.5. The van der Waals surface area contributed by atoms with Gasteiger partial charge in [-0.1, -0.05) is 11.6 Å². The number of esters is 1. The summed E-state index contributed by atoms with van der Waals surface area (Å²) in [6, 6.07) is 3.52. The summed E-state index contributed by atoms with van der Waals surface area (Å²) >= 11 is 12.9. The fourth-order valence-corrected chi connectivity index (χ4v) is 4.06. The van der Waals surface area contributed by atoms with E-state index in [0.717, 1.165) is 5.56 Å². The van der Waals surface area contributed by atoms with Gasteiger partial charge in [0.25, 0.3) is 0 Å². The Morgan fingerprint density at radius 3 is 3.14 bits per heavy atom. The second-order valence-electron chi connectivity index (χ2n) is 6.09. The lowest BCUT2D eigenvalue weighted by atomic mass is 10.2. The second kappa shape index (κ2) is 9.51. The van der Waals surface area contributed by atoms with Crippen molar-refractivity contribution in [2.24, 2.45) is 0 Å². The molecule has 150 valence electrons. The summed E-state index contributed by atoms with van der Waals surface area (Å²) in [5.41, 5.74) is 1.62. The van der Waals surface area contributed by atoms with Crippen molar-refractivity contribution in [2.75, 3.05) is 38.7 Å². The molecule has 1 unspecified atom stereocenters. The zero-order valence-electron chi connectivity index (χ0n) is 15.4. The first kappa shape index (κ1) is 20.8. The highest BCUT2D eigenvalue weighted by Crippen LogP contribution is 2.29. The summed E-state index contributed by atoms with van der Waals surface area (Å²) in [5.74, 6) is 0.132. The predicted octanol–water partition coefficient (Wildman–Crippen LogP) is 3.37. The molecular formula is C18H20ClN3O4S2. The van der Waals surface area contributed by atoms with E-state index in [1.807, 2.05) is 17.2 Å². The monoisotopic (exact) mass is 441 g/mol. The predicted molar refractivity (Wildman–Crippen MR) is 113 cm³/mol. The average Bonchev–Trinajstić information content (AvgIpc) is 3.07. The first-order chi connectivity index (χ1) is 13.5. The molecule has 3 heterocycles. The van der Waals surface area contributed by atoms with Crippen LogP contribution in [-0.4, -0.2) is 60.5 Å². The topological polar surface area (TPSA) is 72.9 Å². The number of aromatic nitrogens is 1. The second-order valence-corrected chi connectivity index (χ2v) is 7.71. The molecule has 1 aliphatic rings. The molecule has 10 heteroatoms. The van der Waals surface area contributed by atoms with Crippen molar-refractivity contribution in [2.45, 2.75) is 13.0 Å². The number of hydrogen-bond acceptors (Lipinski definition) is 7. The van der Waals surface area contributed by atoms with Crippen molar-refractivity contribution in [1.82, 2.24) is 9.88 Å². The maximum absolute atomic E-state index is 11.9. The van der Waals surface area contributed by atoms with Crippen molar-refractivity contribution >= 4 is 51.9 Å². The minimum Gasteiger partial charge on any atom is -0.488 e. The van der Waals surface area contributed by atoms with E-state index in [1.165, 1.54) is 18.4 Å². The molecule has 0 aliphatic carbocycles. The SMILES string of the molecule is COC(=O)c1scc(C)c1NC(=S)N1CCOC(COc2cccnc2Cl)C1.